The van der Waals surface area contributed by atoms with Crippen molar-refractivity contribution >= 4 is 6.16 Å². The van der Waals surface area contributed by atoms with Crippen molar-refractivity contribution in [1.82, 2.24) is 0 Å². The number of rotatable bonds is 4. The van der Waals surface area contributed by atoms with Crippen LogP contribution in [0.3, 0.4) is 0 Å². The third kappa shape index (κ3) is 3.52. The second-order valence-electron chi connectivity index (χ2n) is 2.78. The van der Waals surface area contributed by atoms with E-state index in [4.69, 9.17) is 5.11 Å². The van der Waals surface area contributed by atoms with Crippen LogP contribution in [0.5, 0.6) is 0 Å². The van der Waals surface area contributed by atoms with Crippen LogP contribution < -0.4 is 0 Å². The first-order valence-electron chi connectivity index (χ1n) is 3.97. The molecule has 0 amide bonds. The maximum Gasteiger partial charge on any atom is 0.506 e. The molecule has 0 rings (SSSR count). The van der Waals surface area contributed by atoms with Crippen LogP contribution in [0.2, 0.25) is 0 Å². The zero-order valence-electron chi connectivity index (χ0n) is 7.65. The molecule has 3 nitrogen and oxygen atoms in total. The molecule has 0 saturated heterocycles. The normalized spacial score (nSPS) is 14.8. The van der Waals surface area contributed by atoms with Crippen LogP contribution >= 0.6 is 0 Å². The first kappa shape index (κ1) is 13.9. The van der Waals surface area contributed by atoms with Crippen molar-refractivity contribution in [3.63, 3.8) is 0 Å². The molecular weight excluding hydrogens is 227 g/mol. The Morgan fingerprint density at radius 2 is 1.80 bits per heavy atom. The number of alkyl halides is 5. The Morgan fingerprint density at radius 3 is 2.07 bits per heavy atom. The van der Waals surface area contributed by atoms with Gasteiger partial charge in [0.05, 0.1) is 0 Å². The Morgan fingerprint density at radius 1 is 1.33 bits per heavy atom. The van der Waals surface area contributed by atoms with E-state index in [1.54, 1.807) is 0 Å². The van der Waals surface area contributed by atoms with Gasteiger partial charge >= 0.3 is 18.3 Å². The van der Waals surface area contributed by atoms with Gasteiger partial charge in [-0.2, -0.15) is 22.0 Å². The van der Waals surface area contributed by atoms with E-state index in [-0.39, 0.29) is 6.42 Å². The molecule has 0 bridgehead atoms. The lowest BCUT2D eigenvalue weighted by atomic mass is 10.1. The SMILES string of the molecule is CCCC(OC(=O)O)C(F)(F)C(F)(F)F. The van der Waals surface area contributed by atoms with Crippen LogP contribution in [-0.2, 0) is 4.74 Å². The molecule has 0 heterocycles. The minimum atomic E-state index is -5.82. The summed E-state index contributed by atoms with van der Waals surface area (Å²) in [4.78, 5) is 9.94. The third-order valence-corrected chi connectivity index (χ3v) is 1.58. The van der Waals surface area contributed by atoms with E-state index in [1.807, 2.05) is 0 Å². The zero-order chi connectivity index (χ0) is 12.3. The van der Waals surface area contributed by atoms with Crippen molar-refractivity contribution in [1.29, 1.82) is 0 Å². The topological polar surface area (TPSA) is 46.5 Å². The predicted octanol–water partition coefficient (Wildman–Crippen LogP) is 3.05. The number of carboxylic acid groups (broad SMARTS) is 1. The fraction of sp³-hybridized carbons (Fsp3) is 0.857. The van der Waals surface area contributed by atoms with Gasteiger partial charge in [0.2, 0.25) is 0 Å². The molecule has 1 N–H and O–H groups in total. The highest BCUT2D eigenvalue weighted by atomic mass is 19.4. The summed E-state index contributed by atoms with van der Waals surface area (Å²) < 4.78 is 64.3. The molecule has 0 fully saturated rings. The predicted molar refractivity (Wildman–Crippen MR) is 38.8 cm³/mol. The van der Waals surface area contributed by atoms with Crippen LogP contribution in [0.4, 0.5) is 26.7 Å². The van der Waals surface area contributed by atoms with Crippen LogP contribution in [0.15, 0.2) is 0 Å². The molecule has 0 aromatic rings. The van der Waals surface area contributed by atoms with Crippen LogP contribution in [0.25, 0.3) is 0 Å². The van der Waals surface area contributed by atoms with Crippen molar-refractivity contribution in [3.05, 3.63) is 0 Å². The van der Waals surface area contributed by atoms with E-state index >= 15 is 0 Å². The summed E-state index contributed by atoms with van der Waals surface area (Å²) in [5.74, 6) is -5.17. The number of ether oxygens (including phenoxy) is 1. The average Bonchev–Trinajstić information content (AvgIpc) is 2.00. The largest absolute Gasteiger partial charge is 0.506 e. The molecule has 15 heavy (non-hydrogen) atoms. The summed E-state index contributed by atoms with van der Waals surface area (Å²) in [6.07, 6.45) is -11.4. The number of carbonyl (C=O) groups is 1. The summed E-state index contributed by atoms with van der Waals surface area (Å²) >= 11 is 0. The lowest BCUT2D eigenvalue weighted by Crippen LogP contribution is -2.48. The molecule has 0 aromatic heterocycles. The highest BCUT2D eigenvalue weighted by Crippen LogP contribution is 2.40. The lowest BCUT2D eigenvalue weighted by molar-refractivity contribution is -0.313. The van der Waals surface area contributed by atoms with Crippen molar-refractivity contribution in [2.75, 3.05) is 0 Å². The van der Waals surface area contributed by atoms with Gasteiger partial charge < -0.3 is 9.84 Å². The van der Waals surface area contributed by atoms with Crippen molar-refractivity contribution in [3.8, 4) is 0 Å². The Kier molecular flexibility index (Phi) is 4.29. The van der Waals surface area contributed by atoms with Gasteiger partial charge in [0.1, 0.15) is 0 Å². The highest BCUT2D eigenvalue weighted by Gasteiger charge is 2.63. The number of halogens is 5. The smallest absolute Gasteiger partial charge is 0.450 e. The van der Waals surface area contributed by atoms with Crippen molar-refractivity contribution < 1.29 is 36.6 Å². The van der Waals surface area contributed by atoms with Gasteiger partial charge in [-0.3, -0.25) is 0 Å². The van der Waals surface area contributed by atoms with Crippen LogP contribution in [0, 0.1) is 0 Å². The van der Waals surface area contributed by atoms with Crippen molar-refractivity contribution in [2.24, 2.45) is 0 Å². The molecular formula is C7H9F5O3. The average molecular weight is 236 g/mol. The molecule has 0 aromatic carbocycles. The first-order chi connectivity index (χ1) is 6.63. The Balaban J connectivity index is 4.81. The van der Waals surface area contributed by atoms with Gasteiger partial charge in [0.15, 0.2) is 6.10 Å². The van der Waals surface area contributed by atoms with Gasteiger partial charge in [-0.25, -0.2) is 4.79 Å². The molecule has 1 unspecified atom stereocenters. The minimum absolute atomic E-state index is 0.0520. The van der Waals surface area contributed by atoms with E-state index in [0.29, 0.717) is 0 Å². The van der Waals surface area contributed by atoms with Gasteiger partial charge in [-0.05, 0) is 6.42 Å². The third-order valence-electron chi connectivity index (χ3n) is 1.58. The summed E-state index contributed by atoms with van der Waals surface area (Å²) in [5, 5.41) is 8.02. The van der Waals surface area contributed by atoms with Crippen LogP contribution in [-0.4, -0.2) is 29.5 Å². The standard InChI is InChI=1S/C7H9F5O3/c1-2-3-4(15-5(13)14)6(8,9)7(10,11)12/h4H,2-3H2,1H3,(H,13,14). The molecule has 0 saturated carbocycles. The molecule has 8 heteroatoms. The Labute approximate surface area is 81.8 Å². The van der Waals surface area contributed by atoms with Gasteiger partial charge in [0.25, 0.3) is 0 Å². The van der Waals surface area contributed by atoms with Crippen molar-refractivity contribution in [2.45, 2.75) is 38.0 Å². The van der Waals surface area contributed by atoms with E-state index in [9.17, 15) is 26.7 Å². The molecule has 1 atom stereocenters. The fourth-order valence-corrected chi connectivity index (χ4v) is 0.881. The maximum absolute atomic E-state index is 12.6. The quantitative estimate of drug-likeness (QED) is 0.602. The molecule has 0 aliphatic rings. The number of hydrogen-bond donors (Lipinski definition) is 1. The fourth-order valence-electron chi connectivity index (χ4n) is 0.881. The van der Waals surface area contributed by atoms with E-state index in [2.05, 4.69) is 4.74 Å². The first-order valence-corrected chi connectivity index (χ1v) is 3.97. The summed E-state index contributed by atoms with van der Waals surface area (Å²) in [6, 6.07) is 0. The number of hydrogen-bond acceptors (Lipinski definition) is 2. The Hall–Kier alpha value is -1.08. The Bertz CT molecular complexity index is 225. The van der Waals surface area contributed by atoms with Gasteiger partial charge in [0, 0.05) is 0 Å². The van der Waals surface area contributed by atoms with E-state index in [1.165, 1.54) is 6.92 Å². The monoisotopic (exact) mass is 236 g/mol. The molecule has 0 aliphatic carbocycles. The van der Waals surface area contributed by atoms with E-state index in [0.717, 1.165) is 0 Å². The lowest BCUT2D eigenvalue weighted by Gasteiger charge is -2.26. The second-order valence-corrected chi connectivity index (χ2v) is 2.78. The van der Waals surface area contributed by atoms with E-state index < -0.39 is 30.8 Å². The maximum atomic E-state index is 12.6. The van der Waals surface area contributed by atoms with Gasteiger partial charge in [-0.1, -0.05) is 13.3 Å². The zero-order valence-corrected chi connectivity index (χ0v) is 7.65. The highest BCUT2D eigenvalue weighted by molar-refractivity contribution is 5.57. The molecule has 90 valence electrons. The summed E-state index contributed by atoms with van der Waals surface area (Å²) in [6.45, 7) is 1.34. The molecule has 0 radical (unpaired) electrons. The van der Waals surface area contributed by atoms with Gasteiger partial charge in [-0.15, -0.1) is 0 Å². The molecule has 0 spiro atoms. The summed E-state index contributed by atoms with van der Waals surface area (Å²) in [7, 11) is 0. The van der Waals surface area contributed by atoms with Crippen LogP contribution in [0.1, 0.15) is 19.8 Å². The minimum Gasteiger partial charge on any atom is -0.450 e. The summed E-state index contributed by atoms with van der Waals surface area (Å²) in [5.41, 5.74) is 0. The second kappa shape index (κ2) is 4.63. The molecule has 0 aliphatic heterocycles.